The fourth-order valence-corrected chi connectivity index (χ4v) is 3.90. The van der Waals surface area contributed by atoms with Crippen molar-refractivity contribution >= 4 is 5.91 Å². The average Bonchev–Trinajstić information content (AvgIpc) is 2.55. The van der Waals surface area contributed by atoms with Crippen molar-refractivity contribution in [1.29, 1.82) is 0 Å². The summed E-state index contributed by atoms with van der Waals surface area (Å²) in [5.41, 5.74) is 1.14. The van der Waals surface area contributed by atoms with Crippen LogP contribution in [0.2, 0.25) is 0 Å². The summed E-state index contributed by atoms with van der Waals surface area (Å²) in [7, 11) is 0. The highest BCUT2D eigenvalue weighted by molar-refractivity contribution is 5.79. The molecule has 0 aromatic heterocycles. The smallest absolute Gasteiger partial charge is 0.225 e. The molecule has 0 radical (unpaired) electrons. The molecule has 4 nitrogen and oxygen atoms in total. The van der Waals surface area contributed by atoms with Crippen LogP contribution in [-0.4, -0.2) is 47.0 Å². The van der Waals surface area contributed by atoms with E-state index >= 15 is 0 Å². The lowest BCUT2D eigenvalue weighted by Gasteiger charge is -2.37. The van der Waals surface area contributed by atoms with Gasteiger partial charge >= 0.3 is 0 Å². The zero-order chi connectivity index (χ0) is 16.2. The summed E-state index contributed by atoms with van der Waals surface area (Å²) in [5, 5.41) is 9.55. The number of hydrogen-bond donors (Lipinski definition) is 1. The predicted octanol–water partition coefficient (Wildman–Crippen LogP) is 2.86. The number of carbonyl (C=O) groups excluding carboxylic acids is 1. The molecule has 4 heteroatoms. The number of rotatable bonds is 3. The van der Waals surface area contributed by atoms with Crippen LogP contribution in [0.25, 0.3) is 0 Å². The Bertz CT molecular complexity index is 538. The summed E-state index contributed by atoms with van der Waals surface area (Å²) >= 11 is 0. The summed E-state index contributed by atoms with van der Waals surface area (Å²) in [5.74, 6) is 1.57. The van der Waals surface area contributed by atoms with Crippen LogP contribution in [0.15, 0.2) is 24.3 Å². The maximum Gasteiger partial charge on any atom is 0.225 e. The van der Waals surface area contributed by atoms with Crippen molar-refractivity contribution in [1.82, 2.24) is 9.80 Å². The van der Waals surface area contributed by atoms with E-state index in [4.69, 9.17) is 0 Å². The van der Waals surface area contributed by atoms with Gasteiger partial charge in [-0.05, 0) is 62.4 Å². The monoisotopic (exact) mass is 316 g/mol. The number of benzene rings is 1. The number of nitrogens with zero attached hydrogens (tertiary/aromatic N) is 2. The standard InChI is InChI=1S/C19H28N2O2/c1-15-4-3-9-21(13-15)19(23)17-7-10-20(11-8-17)14-16-5-2-6-18(22)12-16/h2,5-6,12,15,17,22H,3-4,7-11,13-14H2,1H3. The van der Waals surface area contributed by atoms with E-state index in [0.717, 1.165) is 57.5 Å². The number of aromatic hydroxyl groups is 1. The first-order chi connectivity index (χ1) is 11.1. The number of likely N-dealkylation sites (tertiary alicyclic amines) is 2. The van der Waals surface area contributed by atoms with Gasteiger partial charge in [0.25, 0.3) is 0 Å². The van der Waals surface area contributed by atoms with Crippen molar-refractivity contribution < 1.29 is 9.90 Å². The quantitative estimate of drug-likeness (QED) is 0.932. The normalized spacial score (nSPS) is 23.9. The molecule has 2 saturated heterocycles. The molecule has 1 N–H and O–H groups in total. The molecule has 0 saturated carbocycles. The Morgan fingerprint density at radius 2 is 2.00 bits per heavy atom. The minimum Gasteiger partial charge on any atom is -0.508 e. The summed E-state index contributed by atoms with van der Waals surface area (Å²) in [4.78, 5) is 17.2. The van der Waals surface area contributed by atoms with E-state index in [1.165, 1.54) is 6.42 Å². The molecule has 3 rings (SSSR count). The van der Waals surface area contributed by atoms with Crippen molar-refractivity contribution in [3.8, 4) is 5.75 Å². The van der Waals surface area contributed by atoms with Crippen LogP contribution in [0.5, 0.6) is 5.75 Å². The molecule has 2 aliphatic rings. The van der Waals surface area contributed by atoms with Gasteiger partial charge in [-0.15, -0.1) is 0 Å². The van der Waals surface area contributed by atoms with E-state index in [2.05, 4.69) is 16.7 Å². The maximum atomic E-state index is 12.7. The molecule has 2 heterocycles. The van der Waals surface area contributed by atoms with Crippen molar-refractivity contribution in [3.63, 3.8) is 0 Å². The van der Waals surface area contributed by atoms with Crippen LogP contribution in [0.1, 0.15) is 38.2 Å². The highest BCUT2D eigenvalue weighted by atomic mass is 16.3. The van der Waals surface area contributed by atoms with Crippen molar-refractivity contribution in [2.75, 3.05) is 26.2 Å². The van der Waals surface area contributed by atoms with Gasteiger partial charge in [0.05, 0.1) is 0 Å². The highest BCUT2D eigenvalue weighted by Crippen LogP contribution is 2.24. The van der Waals surface area contributed by atoms with Gasteiger partial charge in [0.2, 0.25) is 5.91 Å². The van der Waals surface area contributed by atoms with Crippen molar-refractivity contribution in [2.24, 2.45) is 11.8 Å². The number of phenols is 1. The van der Waals surface area contributed by atoms with E-state index in [9.17, 15) is 9.90 Å². The summed E-state index contributed by atoms with van der Waals surface area (Å²) in [6, 6.07) is 7.46. The average molecular weight is 316 g/mol. The lowest BCUT2D eigenvalue weighted by atomic mass is 9.92. The molecular weight excluding hydrogens is 288 g/mol. The van der Waals surface area contributed by atoms with Gasteiger partial charge in [-0.3, -0.25) is 9.69 Å². The molecule has 1 amide bonds. The number of phenolic OH excluding ortho intramolecular Hbond substituents is 1. The lowest BCUT2D eigenvalue weighted by Crippen LogP contribution is -2.45. The molecule has 126 valence electrons. The number of amides is 1. The Kier molecular flexibility index (Phi) is 5.21. The van der Waals surface area contributed by atoms with Crippen LogP contribution in [0.3, 0.4) is 0 Å². The highest BCUT2D eigenvalue weighted by Gasteiger charge is 2.30. The van der Waals surface area contributed by atoms with Crippen LogP contribution in [0.4, 0.5) is 0 Å². The first-order valence-corrected chi connectivity index (χ1v) is 8.91. The summed E-state index contributed by atoms with van der Waals surface area (Å²) < 4.78 is 0. The van der Waals surface area contributed by atoms with Gasteiger partial charge < -0.3 is 10.0 Å². The van der Waals surface area contributed by atoms with Gasteiger partial charge in [-0.1, -0.05) is 19.1 Å². The van der Waals surface area contributed by atoms with Gasteiger partial charge in [0.15, 0.2) is 0 Å². The fraction of sp³-hybridized carbons (Fsp3) is 0.632. The first kappa shape index (κ1) is 16.3. The number of piperidine rings is 2. The third kappa shape index (κ3) is 4.25. The number of carbonyl (C=O) groups is 1. The van der Waals surface area contributed by atoms with E-state index < -0.39 is 0 Å². The molecule has 23 heavy (non-hydrogen) atoms. The molecular formula is C19H28N2O2. The lowest BCUT2D eigenvalue weighted by molar-refractivity contribution is -0.138. The topological polar surface area (TPSA) is 43.8 Å². The molecule has 0 bridgehead atoms. The zero-order valence-corrected chi connectivity index (χ0v) is 14.1. The third-order valence-electron chi connectivity index (χ3n) is 5.22. The Hall–Kier alpha value is -1.55. The zero-order valence-electron chi connectivity index (χ0n) is 14.1. The largest absolute Gasteiger partial charge is 0.508 e. The fourth-order valence-electron chi connectivity index (χ4n) is 3.90. The van der Waals surface area contributed by atoms with Gasteiger partial charge in [0, 0.05) is 25.6 Å². The Morgan fingerprint density at radius 1 is 1.22 bits per heavy atom. The van der Waals surface area contributed by atoms with Gasteiger partial charge in [0.1, 0.15) is 5.75 Å². The summed E-state index contributed by atoms with van der Waals surface area (Å²) in [6.07, 6.45) is 4.33. The molecule has 0 spiro atoms. The van der Waals surface area contributed by atoms with Crippen LogP contribution in [-0.2, 0) is 11.3 Å². The van der Waals surface area contributed by atoms with Crippen molar-refractivity contribution in [3.05, 3.63) is 29.8 Å². The van der Waals surface area contributed by atoms with Gasteiger partial charge in [-0.25, -0.2) is 0 Å². The molecule has 2 aliphatic heterocycles. The second-order valence-corrected chi connectivity index (χ2v) is 7.25. The van der Waals surface area contributed by atoms with E-state index in [-0.39, 0.29) is 5.92 Å². The molecule has 1 aromatic rings. The first-order valence-electron chi connectivity index (χ1n) is 8.91. The molecule has 0 aliphatic carbocycles. The predicted molar refractivity (Wildman–Crippen MR) is 91.1 cm³/mol. The Morgan fingerprint density at radius 3 is 2.70 bits per heavy atom. The minimum absolute atomic E-state index is 0.209. The Labute approximate surface area is 139 Å². The maximum absolute atomic E-state index is 12.7. The molecule has 1 unspecified atom stereocenters. The second kappa shape index (κ2) is 7.35. The third-order valence-corrected chi connectivity index (χ3v) is 5.22. The molecule has 1 atom stereocenters. The summed E-state index contributed by atoms with van der Waals surface area (Å²) in [6.45, 7) is 6.94. The minimum atomic E-state index is 0.209. The second-order valence-electron chi connectivity index (χ2n) is 7.25. The van der Waals surface area contributed by atoms with E-state index in [1.54, 1.807) is 6.07 Å². The van der Waals surface area contributed by atoms with Crippen LogP contribution in [0, 0.1) is 11.8 Å². The Balaban J connectivity index is 1.49. The van der Waals surface area contributed by atoms with Crippen LogP contribution < -0.4 is 0 Å². The van der Waals surface area contributed by atoms with Crippen LogP contribution >= 0.6 is 0 Å². The van der Waals surface area contributed by atoms with Crippen molar-refractivity contribution in [2.45, 2.75) is 39.2 Å². The molecule has 1 aromatic carbocycles. The SMILES string of the molecule is CC1CCCN(C(=O)C2CCN(Cc3cccc(O)c3)CC2)C1. The molecule has 2 fully saturated rings. The van der Waals surface area contributed by atoms with E-state index in [0.29, 0.717) is 17.6 Å². The van der Waals surface area contributed by atoms with E-state index in [1.807, 2.05) is 18.2 Å². The van der Waals surface area contributed by atoms with Gasteiger partial charge in [-0.2, -0.15) is 0 Å². The number of hydrogen-bond acceptors (Lipinski definition) is 3.